The number of nitrogens with zero attached hydrogens (tertiary/aromatic N) is 1. The molecule has 4 aromatic rings. The zero-order chi connectivity index (χ0) is 42.1. The van der Waals surface area contributed by atoms with Crippen LogP contribution in [0, 0.1) is 24.7 Å². The summed E-state index contributed by atoms with van der Waals surface area (Å²) in [6.07, 6.45) is 13.1. The predicted molar refractivity (Wildman–Crippen MR) is 227 cm³/mol. The van der Waals surface area contributed by atoms with Crippen molar-refractivity contribution in [1.82, 2.24) is 4.98 Å². The SMILES string of the molecule is CCCSc1cc(=O)c2nc3c(oc2c1)c1c(=O)c2c(O)c(C)c4c(c23)=C(O)C(C)(OC=CCC(CC)C(OC(C)=O)C(C)CCCC(C)C=CC=C(C)C(=O)N1)O4. The summed E-state index contributed by atoms with van der Waals surface area (Å²) in [7, 11) is 0. The molecule has 0 spiro atoms. The molecule has 5 bridgehead atoms. The zero-order valence-corrected chi connectivity index (χ0v) is 35.1. The minimum Gasteiger partial charge on any atom is -0.507 e. The molecule has 3 N–H and O–H groups in total. The van der Waals surface area contributed by atoms with Gasteiger partial charge in [0.05, 0.1) is 16.9 Å². The number of hydrogen-bond donors (Lipinski definition) is 3. The Morgan fingerprint density at radius 1 is 1.09 bits per heavy atom. The minimum atomic E-state index is -1.82. The molecule has 3 heterocycles. The van der Waals surface area contributed by atoms with E-state index >= 15 is 0 Å². The molecule has 0 saturated heterocycles. The lowest BCUT2D eigenvalue weighted by Gasteiger charge is -2.30. The molecule has 0 saturated carbocycles. The second-order valence-electron chi connectivity index (χ2n) is 15.6. The summed E-state index contributed by atoms with van der Waals surface area (Å²) in [5, 5.41) is 26.1. The quantitative estimate of drug-likeness (QED) is 0.0759. The van der Waals surface area contributed by atoms with E-state index in [0.29, 0.717) is 11.3 Å². The van der Waals surface area contributed by atoms with Gasteiger partial charge in [-0.2, -0.15) is 0 Å². The molecule has 5 unspecified atom stereocenters. The number of esters is 1. The lowest BCUT2D eigenvalue weighted by atomic mass is 9.84. The van der Waals surface area contributed by atoms with E-state index in [1.807, 2.05) is 19.9 Å². The molecule has 1 amide bonds. The van der Waals surface area contributed by atoms with Crippen molar-refractivity contribution in [3.05, 3.63) is 79.5 Å². The van der Waals surface area contributed by atoms with E-state index in [1.165, 1.54) is 44.9 Å². The summed E-state index contributed by atoms with van der Waals surface area (Å²) in [6.45, 7) is 14.3. The average molecular weight is 813 g/mol. The van der Waals surface area contributed by atoms with Crippen molar-refractivity contribution in [3.8, 4) is 11.5 Å². The molecule has 3 aromatic carbocycles. The Labute approximate surface area is 341 Å². The number of carbonyl (C=O) groups is 2. The number of aliphatic hydroxyl groups is 1. The third-order valence-corrected chi connectivity index (χ3v) is 12.2. The summed E-state index contributed by atoms with van der Waals surface area (Å²) < 4.78 is 24.6. The molecule has 1 aromatic heterocycles. The molecule has 2 aliphatic heterocycles. The standard InChI is InChI=1S/C45H52N2O10S/c1-9-20-58-29-21-30(49)35-31(22-29)56-42-36(46-35)32-33-38(50)26(6)41-34(32)43(52)45(8,57-41)54-19-13-18-28(10-2)40(55-27(7)48)24(4)16-11-14-23(3)15-12-17-25(5)44(53)47-37(42)39(33)51/h12-13,15,17,19,21-24,28,40,50,52H,9-11,14,16,18,20H2,1-8H3,(H,47,53). The van der Waals surface area contributed by atoms with Crippen LogP contribution in [0.1, 0.15) is 92.6 Å². The van der Waals surface area contributed by atoms with E-state index in [1.54, 1.807) is 31.2 Å². The number of ether oxygens (including phenoxy) is 3. The van der Waals surface area contributed by atoms with Gasteiger partial charge in [-0.3, -0.25) is 19.2 Å². The predicted octanol–water partition coefficient (Wildman–Crippen LogP) is 8.64. The number of hydrogen-bond acceptors (Lipinski definition) is 12. The van der Waals surface area contributed by atoms with Crippen LogP contribution in [0.5, 0.6) is 11.5 Å². The molecule has 0 fully saturated rings. The van der Waals surface area contributed by atoms with Gasteiger partial charge >= 0.3 is 11.8 Å². The van der Waals surface area contributed by atoms with Gasteiger partial charge in [-0.15, -0.1) is 11.8 Å². The van der Waals surface area contributed by atoms with Crippen LogP contribution in [0.15, 0.2) is 67.2 Å². The highest BCUT2D eigenvalue weighted by atomic mass is 32.2. The number of phenolic OH excluding ortho intramolecular Hbond substituents is 1. The Morgan fingerprint density at radius 2 is 1.84 bits per heavy atom. The summed E-state index contributed by atoms with van der Waals surface area (Å²) in [5.41, 5.74) is -1.27. The van der Waals surface area contributed by atoms with Crippen LogP contribution in [-0.2, 0) is 19.1 Å². The van der Waals surface area contributed by atoms with Crippen molar-refractivity contribution >= 4 is 68.1 Å². The van der Waals surface area contributed by atoms with Gasteiger partial charge in [0.2, 0.25) is 10.9 Å². The number of aliphatic hydroxyl groups excluding tert-OH is 1. The molecule has 308 valence electrons. The molecule has 0 radical (unpaired) electrons. The maximum absolute atomic E-state index is 14.6. The Hall–Kier alpha value is -5.30. The van der Waals surface area contributed by atoms with Crippen LogP contribution in [0.2, 0.25) is 0 Å². The number of fused-ring (bicyclic) bond motifs is 5. The molecule has 12 nitrogen and oxygen atoms in total. The van der Waals surface area contributed by atoms with Crippen molar-refractivity contribution in [1.29, 1.82) is 0 Å². The topological polar surface area (TPSA) is 174 Å². The third-order valence-electron chi connectivity index (χ3n) is 11.1. The Morgan fingerprint density at radius 3 is 2.55 bits per heavy atom. The number of aromatic hydroxyl groups is 1. The highest BCUT2D eigenvalue weighted by molar-refractivity contribution is 7.99. The Kier molecular flexibility index (Phi) is 12.6. The fraction of sp³-hybridized carbons (Fsp3) is 0.444. The van der Waals surface area contributed by atoms with Crippen molar-refractivity contribution in [2.45, 2.75) is 111 Å². The second-order valence-corrected chi connectivity index (χ2v) is 16.7. The molecule has 58 heavy (non-hydrogen) atoms. The van der Waals surface area contributed by atoms with Gasteiger partial charge in [-0.25, -0.2) is 4.98 Å². The van der Waals surface area contributed by atoms with Gasteiger partial charge in [0.15, 0.2) is 22.4 Å². The van der Waals surface area contributed by atoms with Crippen molar-refractivity contribution in [2.24, 2.45) is 17.8 Å². The number of anilines is 1. The number of thioether (sulfide) groups is 1. The summed E-state index contributed by atoms with van der Waals surface area (Å²) in [5.74, 6) is -2.62. The van der Waals surface area contributed by atoms with E-state index in [9.17, 15) is 29.4 Å². The first kappa shape index (κ1) is 42.3. The Balaban J connectivity index is 1.61. The largest absolute Gasteiger partial charge is 0.507 e. The lowest BCUT2D eigenvalue weighted by molar-refractivity contribution is -0.152. The smallest absolute Gasteiger partial charge is 0.307 e. The maximum atomic E-state index is 14.6. The number of allylic oxidation sites excluding steroid dienone is 4. The van der Waals surface area contributed by atoms with Crippen LogP contribution >= 0.6 is 11.8 Å². The van der Waals surface area contributed by atoms with Gasteiger partial charge in [-0.05, 0) is 81.6 Å². The molecule has 6 rings (SSSR count). The first-order chi connectivity index (χ1) is 27.6. The molecule has 0 aliphatic carbocycles. The average Bonchev–Trinajstić information content (AvgIpc) is 3.44. The molecule has 13 heteroatoms. The van der Waals surface area contributed by atoms with Crippen LogP contribution in [0.4, 0.5) is 5.69 Å². The molecular weight excluding hydrogens is 761 g/mol. The number of nitrogens with one attached hydrogen (secondary N) is 1. The third kappa shape index (κ3) is 8.18. The number of benzene rings is 3. The normalized spacial score (nSPS) is 23.3. The maximum Gasteiger partial charge on any atom is 0.307 e. The molecular formula is C45H52N2O10S. The van der Waals surface area contributed by atoms with Gasteiger partial charge in [0, 0.05) is 41.3 Å². The first-order valence-corrected chi connectivity index (χ1v) is 20.9. The first-order valence-electron chi connectivity index (χ1n) is 20.0. The summed E-state index contributed by atoms with van der Waals surface area (Å²) >= 11 is 1.47. The van der Waals surface area contributed by atoms with E-state index in [4.69, 9.17) is 23.6 Å². The molecule has 5 atom stereocenters. The lowest BCUT2D eigenvalue weighted by Crippen LogP contribution is -2.33. The van der Waals surface area contributed by atoms with Crippen LogP contribution < -0.4 is 26.1 Å². The van der Waals surface area contributed by atoms with E-state index in [0.717, 1.165) is 37.9 Å². The van der Waals surface area contributed by atoms with Crippen LogP contribution in [-0.4, -0.2) is 44.7 Å². The van der Waals surface area contributed by atoms with E-state index < -0.39 is 34.1 Å². The van der Waals surface area contributed by atoms with Gasteiger partial charge in [-0.1, -0.05) is 52.3 Å². The van der Waals surface area contributed by atoms with E-state index in [-0.39, 0.29) is 90.6 Å². The molecule has 2 aliphatic rings. The number of rotatable bonds is 5. The van der Waals surface area contributed by atoms with E-state index in [2.05, 4.69) is 19.2 Å². The highest BCUT2D eigenvalue weighted by Crippen LogP contribution is 2.42. The highest BCUT2D eigenvalue weighted by Gasteiger charge is 2.43. The van der Waals surface area contributed by atoms with Gasteiger partial charge < -0.3 is 34.2 Å². The fourth-order valence-electron chi connectivity index (χ4n) is 7.76. The second kappa shape index (κ2) is 17.3. The summed E-state index contributed by atoms with van der Waals surface area (Å²) in [6, 6.07) is 3.13. The fourth-order valence-corrected chi connectivity index (χ4v) is 8.58. The number of aromatic nitrogens is 1. The van der Waals surface area contributed by atoms with Gasteiger partial charge in [0.1, 0.15) is 28.8 Å². The monoisotopic (exact) mass is 812 g/mol. The number of phenols is 1. The minimum absolute atomic E-state index is 0.0192. The number of carbonyl (C=O) groups excluding carboxylic acids is 2. The van der Waals surface area contributed by atoms with Crippen LogP contribution in [0.25, 0.3) is 38.7 Å². The van der Waals surface area contributed by atoms with Crippen molar-refractivity contribution < 1.29 is 38.4 Å². The van der Waals surface area contributed by atoms with Gasteiger partial charge in [0.25, 0.3) is 5.91 Å². The van der Waals surface area contributed by atoms with Crippen LogP contribution in [0.3, 0.4) is 0 Å². The summed E-state index contributed by atoms with van der Waals surface area (Å²) in [4.78, 5) is 59.6. The van der Waals surface area contributed by atoms with Crippen molar-refractivity contribution in [2.75, 3.05) is 11.1 Å². The Bertz CT molecular complexity index is 2560. The zero-order valence-electron chi connectivity index (χ0n) is 34.3. The van der Waals surface area contributed by atoms with Crippen molar-refractivity contribution in [3.63, 3.8) is 0 Å². The number of amides is 1.